The first kappa shape index (κ1) is 15.9. The van der Waals surface area contributed by atoms with Gasteiger partial charge in [-0.25, -0.2) is 9.59 Å². The minimum atomic E-state index is -1.37. The molecule has 0 bridgehead atoms. The number of nitrogens with one attached hydrogen (secondary N) is 1. The third kappa shape index (κ3) is 4.87. The van der Waals surface area contributed by atoms with E-state index < -0.39 is 17.5 Å². The molecule has 0 fully saturated rings. The van der Waals surface area contributed by atoms with Crippen molar-refractivity contribution in [2.45, 2.75) is 45.6 Å². The number of carboxylic acid groups (broad SMARTS) is 1. The summed E-state index contributed by atoms with van der Waals surface area (Å²) in [6.07, 6.45) is 4.63. The van der Waals surface area contributed by atoms with Crippen LogP contribution < -0.4 is 5.32 Å². The van der Waals surface area contributed by atoms with Gasteiger partial charge in [0.1, 0.15) is 0 Å². The summed E-state index contributed by atoms with van der Waals surface area (Å²) < 4.78 is 4.97. The molecule has 1 aliphatic rings. The zero-order chi connectivity index (χ0) is 15.1. The number of esters is 1. The van der Waals surface area contributed by atoms with E-state index in [0.717, 1.165) is 6.20 Å². The largest absolute Gasteiger partial charge is 0.477 e. The van der Waals surface area contributed by atoms with Crippen LogP contribution in [0.15, 0.2) is 23.5 Å². The lowest BCUT2D eigenvalue weighted by Gasteiger charge is -2.13. The van der Waals surface area contributed by atoms with Gasteiger partial charge < -0.3 is 15.2 Å². The SMILES string of the molecule is CCC(C)OC(=O)C(=CNC1=CC(=O)CCC1)C(=O)O. The summed E-state index contributed by atoms with van der Waals surface area (Å²) in [5.74, 6) is -2.26. The summed E-state index contributed by atoms with van der Waals surface area (Å²) in [5.41, 5.74) is 0.126. The molecule has 0 aliphatic heterocycles. The molecule has 0 radical (unpaired) electrons. The van der Waals surface area contributed by atoms with Crippen molar-refractivity contribution < 1.29 is 24.2 Å². The molecule has 1 atom stereocenters. The van der Waals surface area contributed by atoms with Gasteiger partial charge in [-0.2, -0.15) is 0 Å². The van der Waals surface area contributed by atoms with Crippen LogP contribution in [0.4, 0.5) is 0 Å². The topological polar surface area (TPSA) is 92.7 Å². The number of ketones is 1. The third-order valence-corrected chi connectivity index (χ3v) is 2.94. The Labute approximate surface area is 117 Å². The average Bonchev–Trinajstić information content (AvgIpc) is 2.38. The van der Waals surface area contributed by atoms with Crippen LogP contribution in [0.25, 0.3) is 0 Å². The van der Waals surface area contributed by atoms with E-state index in [9.17, 15) is 14.4 Å². The van der Waals surface area contributed by atoms with E-state index in [1.54, 1.807) is 6.92 Å². The van der Waals surface area contributed by atoms with Crippen molar-refractivity contribution in [3.8, 4) is 0 Å². The summed E-state index contributed by atoms with van der Waals surface area (Å²) in [7, 11) is 0. The second-order valence-electron chi connectivity index (χ2n) is 4.62. The van der Waals surface area contributed by atoms with Crippen LogP contribution in [0.3, 0.4) is 0 Å². The monoisotopic (exact) mass is 281 g/mol. The molecule has 6 nitrogen and oxygen atoms in total. The Morgan fingerprint density at radius 3 is 2.75 bits per heavy atom. The van der Waals surface area contributed by atoms with Crippen molar-refractivity contribution in [1.29, 1.82) is 0 Å². The number of hydrogen-bond acceptors (Lipinski definition) is 5. The zero-order valence-electron chi connectivity index (χ0n) is 11.6. The molecule has 0 heterocycles. The molecule has 0 saturated carbocycles. The zero-order valence-corrected chi connectivity index (χ0v) is 11.6. The van der Waals surface area contributed by atoms with E-state index in [1.165, 1.54) is 6.08 Å². The first-order chi connectivity index (χ1) is 9.43. The predicted molar refractivity (Wildman–Crippen MR) is 71.6 cm³/mol. The molecule has 0 amide bonds. The Bertz CT molecular complexity index is 464. The molecule has 6 heteroatoms. The summed E-state index contributed by atoms with van der Waals surface area (Å²) in [6, 6.07) is 0. The maximum Gasteiger partial charge on any atom is 0.347 e. The van der Waals surface area contributed by atoms with E-state index in [0.29, 0.717) is 31.4 Å². The van der Waals surface area contributed by atoms with Crippen LogP contribution in [-0.2, 0) is 19.1 Å². The number of ether oxygens (including phenoxy) is 1. The molecule has 0 aromatic heterocycles. The number of aliphatic carboxylic acids is 1. The molecular weight excluding hydrogens is 262 g/mol. The van der Waals surface area contributed by atoms with Crippen LogP contribution in [-0.4, -0.2) is 28.9 Å². The van der Waals surface area contributed by atoms with Gasteiger partial charge in [-0.15, -0.1) is 0 Å². The van der Waals surface area contributed by atoms with E-state index in [1.807, 2.05) is 6.92 Å². The first-order valence-corrected chi connectivity index (χ1v) is 6.58. The highest BCUT2D eigenvalue weighted by atomic mass is 16.5. The highest BCUT2D eigenvalue weighted by Gasteiger charge is 2.21. The quantitative estimate of drug-likeness (QED) is 0.332. The van der Waals surface area contributed by atoms with Gasteiger partial charge in [-0.3, -0.25) is 4.79 Å². The van der Waals surface area contributed by atoms with Crippen LogP contribution in [0.5, 0.6) is 0 Å². The van der Waals surface area contributed by atoms with Crippen LogP contribution in [0.2, 0.25) is 0 Å². The number of rotatable bonds is 6. The maximum atomic E-state index is 11.7. The number of carbonyl (C=O) groups excluding carboxylic acids is 2. The molecule has 0 saturated heterocycles. The van der Waals surface area contributed by atoms with Gasteiger partial charge >= 0.3 is 11.9 Å². The lowest BCUT2D eigenvalue weighted by Crippen LogP contribution is -2.23. The number of carbonyl (C=O) groups is 3. The highest BCUT2D eigenvalue weighted by Crippen LogP contribution is 2.13. The maximum absolute atomic E-state index is 11.7. The molecule has 0 aromatic rings. The van der Waals surface area contributed by atoms with Gasteiger partial charge in [0.25, 0.3) is 0 Å². The van der Waals surface area contributed by atoms with Crippen molar-refractivity contribution in [2.75, 3.05) is 0 Å². The number of allylic oxidation sites excluding steroid dienone is 2. The minimum Gasteiger partial charge on any atom is -0.477 e. The Hall–Kier alpha value is -2.11. The van der Waals surface area contributed by atoms with Gasteiger partial charge in [-0.1, -0.05) is 6.92 Å². The van der Waals surface area contributed by atoms with Gasteiger partial charge in [0.15, 0.2) is 11.4 Å². The van der Waals surface area contributed by atoms with Crippen molar-refractivity contribution in [3.63, 3.8) is 0 Å². The molecule has 1 rings (SSSR count). The van der Waals surface area contributed by atoms with Crippen LogP contribution in [0, 0.1) is 0 Å². The standard InChI is InChI=1S/C14H19NO5/c1-3-9(2)20-14(19)12(13(17)18)8-15-10-5-4-6-11(16)7-10/h7-9,15H,3-6H2,1-2H3,(H,17,18). The van der Waals surface area contributed by atoms with Gasteiger partial charge in [0.05, 0.1) is 6.10 Å². The Balaban J connectivity index is 2.75. The van der Waals surface area contributed by atoms with Crippen LogP contribution >= 0.6 is 0 Å². The first-order valence-electron chi connectivity index (χ1n) is 6.58. The lowest BCUT2D eigenvalue weighted by molar-refractivity contribution is -0.147. The molecule has 0 spiro atoms. The molecule has 0 aromatic carbocycles. The number of hydrogen-bond donors (Lipinski definition) is 2. The summed E-state index contributed by atoms with van der Waals surface area (Å²) in [4.78, 5) is 34.0. The Morgan fingerprint density at radius 2 is 2.20 bits per heavy atom. The Morgan fingerprint density at radius 1 is 1.50 bits per heavy atom. The van der Waals surface area contributed by atoms with Crippen molar-refractivity contribution in [2.24, 2.45) is 0 Å². The third-order valence-electron chi connectivity index (χ3n) is 2.94. The Kier molecular flexibility index (Phi) is 5.96. The second kappa shape index (κ2) is 7.47. The lowest BCUT2D eigenvalue weighted by atomic mass is 10.0. The summed E-state index contributed by atoms with van der Waals surface area (Å²) in [5, 5.41) is 11.7. The highest BCUT2D eigenvalue weighted by molar-refractivity contribution is 6.13. The van der Waals surface area contributed by atoms with Gasteiger partial charge in [0.2, 0.25) is 0 Å². The van der Waals surface area contributed by atoms with Gasteiger partial charge in [0, 0.05) is 24.4 Å². The van der Waals surface area contributed by atoms with E-state index in [-0.39, 0.29) is 11.9 Å². The molecular formula is C14H19NO5. The summed E-state index contributed by atoms with van der Waals surface area (Å²) in [6.45, 7) is 3.52. The van der Waals surface area contributed by atoms with E-state index >= 15 is 0 Å². The fourth-order valence-corrected chi connectivity index (χ4v) is 1.61. The average molecular weight is 281 g/mol. The molecule has 20 heavy (non-hydrogen) atoms. The smallest absolute Gasteiger partial charge is 0.347 e. The van der Waals surface area contributed by atoms with E-state index in [4.69, 9.17) is 9.84 Å². The van der Waals surface area contributed by atoms with Crippen molar-refractivity contribution in [1.82, 2.24) is 5.32 Å². The number of carboxylic acids is 1. The van der Waals surface area contributed by atoms with Gasteiger partial charge in [-0.05, 0) is 26.2 Å². The molecule has 110 valence electrons. The van der Waals surface area contributed by atoms with E-state index in [2.05, 4.69) is 5.32 Å². The fraction of sp³-hybridized carbons (Fsp3) is 0.500. The minimum absolute atomic E-state index is 0.00814. The van der Waals surface area contributed by atoms with Crippen molar-refractivity contribution in [3.05, 3.63) is 23.5 Å². The summed E-state index contributed by atoms with van der Waals surface area (Å²) >= 11 is 0. The molecule has 1 aliphatic carbocycles. The predicted octanol–water partition coefficient (Wildman–Crippen LogP) is 1.52. The second-order valence-corrected chi connectivity index (χ2v) is 4.62. The van der Waals surface area contributed by atoms with Crippen molar-refractivity contribution >= 4 is 17.7 Å². The fourth-order valence-electron chi connectivity index (χ4n) is 1.61. The normalized spacial score (nSPS) is 17.2. The van der Waals surface area contributed by atoms with Crippen LogP contribution in [0.1, 0.15) is 39.5 Å². The molecule has 1 unspecified atom stereocenters. The molecule has 2 N–H and O–H groups in total.